The number of nitrogens with zero attached hydrogens (tertiary/aromatic N) is 1. The van der Waals surface area contributed by atoms with Gasteiger partial charge in [-0.2, -0.15) is 5.10 Å². The second-order valence-electron chi connectivity index (χ2n) is 4.98. The SMILES string of the molecule is CC(C)(C)NCc1cn[nH]c1-c1ccc(Br)o1. The van der Waals surface area contributed by atoms with Crippen molar-refractivity contribution in [1.29, 1.82) is 0 Å². The molecule has 5 heteroatoms. The molecule has 0 aromatic carbocycles. The summed E-state index contributed by atoms with van der Waals surface area (Å²) >= 11 is 3.30. The van der Waals surface area contributed by atoms with E-state index in [-0.39, 0.29) is 5.54 Å². The van der Waals surface area contributed by atoms with Gasteiger partial charge in [0.05, 0.1) is 6.20 Å². The Kier molecular flexibility index (Phi) is 3.40. The van der Waals surface area contributed by atoms with Crippen LogP contribution in [0.4, 0.5) is 0 Å². The van der Waals surface area contributed by atoms with Gasteiger partial charge in [0.25, 0.3) is 0 Å². The van der Waals surface area contributed by atoms with Crippen molar-refractivity contribution >= 4 is 15.9 Å². The number of hydrogen-bond acceptors (Lipinski definition) is 3. The average Bonchev–Trinajstić information content (AvgIpc) is 2.81. The first kappa shape index (κ1) is 12.4. The molecule has 0 bridgehead atoms. The number of hydrogen-bond donors (Lipinski definition) is 2. The Labute approximate surface area is 109 Å². The zero-order valence-corrected chi connectivity index (χ0v) is 11.8. The molecule has 0 aliphatic rings. The first-order valence-corrected chi connectivity index (χ1v) is 6.28. The van der Waals surface area contributed by atoms with Crippen LogP contribution < -0.4 is 5.32 Å². The Balaban J connectivity index is 2.17. The van der Waals surface area contributed by atoms with Gasteiger partial charge in [0.1, 0.15) is 5.69 Å². The smallest absolute Gasteiger partial charge is 0.169 e. The molecule has 2 heterocycles. The monoisotopic (exact) mass is 297 g/mol. The fourth-order valence-electron chi connectivity index (χ4n) is 1.47. The van der Waals surface area contributed by atoms with E-state index in [1.54, 1.807) is 0 Å². The molecule has 0 saturated carbocycles. The molecule has 0 amide bonds. The maximum Gasteiger partial charge on any atom is 0.169 e. The molecule has 0 aliphatic carbocycles. The fourth-order valence-corrected chi connectivity index (χ4v) is 1.77. The van der Waals surface area contributed by atoms with Crippen LogP contribution in [-0.2, 0) is 6.54 Å². The predicted molar refractivity (Wildman–Crippen MR) is 70.6 cm³/mol. The minimum Gasteiger partial charge on any atom is -0.448 e. The molecule has 0 spiro atoms. The van der Waals surface area contributed by atoms with Gasteiger partial charge in [0, 0.05) is 17.6 Å². The summed E-state index contributed by atoms with van der Waals surface area (Å²) in [6.07, 6.45) is 1.82. The maximum atomic E-state index is 5.52. The van der Waals surface area contributed by atoms with Crippen molar-refractivity contribution in [3.8, 4) is 11.5 Å². The zero-order valence-electron chi connectivity index (χ0n) is 10.2. The minimum absolute atomic E-state index is 0.0816. The van der Waals surface area contributed by atoms with Gasteiger partial charge in [-0.25, -0.2) is 0 Å². The number of aromatic amines is 1. The molecule has 2 aromatic rings. The molecular formula is C12H16BrN3O. The Morgan fingerprint density at radius 3 is 2.76 bits per heavy atom. The first-order valence-electron chi connectivity index (χ1n) is 5.49. The van der Waals surface area contributed by atoms with Crippen molar-refractivity contribution in [1.82, 2.24) is 15.5 Å². The molecule has 2 rings (SSSR count). The highest BCUT2D eigenvalue weighted by Crippen LogP contribution is 2.26. The van der Waals surface area contributed by atoms with E-state index in [2.05, 4.69) is 52.2 Å². The number of H-pyrrole nitrogens is 1. The summed E-state index contributed by atoms with van der Waals surface area (Å²) in [6.45, 7) is 7.16. The predicted octanol–water partition coefficient (Wildman–Crippen LogP) is 3.32. The van der Waals surface area contributed by atoms with E-state index in [0.717, 1.165) is 28.2 Å². The molecule has 0 radical (unpaired) electrons. The van der Waals surface area contributed by atoms with E-state index in [4.69, 9.17) is 4.42 Å². The van der Waals surface area contributed by atoms with Crippen molar-refractivity contribution in [2.75, 3.05) is 0 Å². The molecule has 0 fully saturated rings. The van der Waals surface area contributed by atoms with Crippen LogP contribution in [0.2, 0.25) is 0 Å². The topological polar surface area (TPSA) is 53.9 Å². The summed E-state index contributed by atoms with van der Waals surface area (Å²) in [4.78, 5) is 0. The molecule has 0 unspecified atom stereocenters. The highest BCUT2D eigenvalue weighted by molar-refractivity contribution is 9.10. The Hall–Kier alpha value is -1.07. The molecule has 0 aliphatic heterocycles. The van der Waals surface area contributed by atoms with Crippen LogP contribution in [0.25, 0.3) is 11.5 Å². The van der Waals surface area contributed by atoms with Crippen molar-refractivity contribution in [2.24, 2.45) is 0 Å². The normalized spacial score (nSPS) is 12.0. The fraction of sp³-hybridized carbons (Fsp3) is 0.417. The second kappa shape index (κ2) is 4.66. The van der Waals surface area contributed by atoms with Gasteiger partial charge < -0.3 is 9.73 Å². The van der Waals surface area contributed by atoms with Gasteiger partial charge in [-0.15, -0.1) is 0 Å². The first-order chi connectivity index (χ1) is 7.96. The van der Waals surface area contributed by atoms with Crippen LogP contribution in [0.15, 0.2) is 27.4 Å². The van der Waals surface area contributed by atoms with Crippen LogP contribution in [-0.4, -0.2) is 15.7 Å². The van der Waals surface area contributed by atoms with E-state index in [1.165, 1.54) is 0 Å². The third-order valence-corrected chi connectivity index (χ3v) is 2.77. The lowest BCUT2D eigenvalue weighted by Gasteiger charge is -2.20. The number of nitrogens with one attached hydrogen (secondary N) is 2. The molecular weight excluding hydrogens is 282 g/mol. The Morgan fingerprint density at radius 2 is 2.18 bits per heavy atom. The third-order valence-electron chi connectivity index (χ3n) is 2.35. The van der Waals surface area contributed by atoms with Gasteiger partial charge in [-0.1, -0.05) is 0 Å². The van der Waals surface area contributed by atoms with E-state index < -0.39 is 0 Å². The number of halogens is 1. The zero-order chi connectivity index (χ0) is 12.5. The maximum absolute atomic E-state index is 5.52. The van der Waals surface area contributed by atoms with Crippen LogP contribution in [0.1, 0.15) is 26.3 Å². The molecule has 92 valence electrons. The second-order valence-corrected chi connectivity index (χ2v) is 5.76. The lowest BCUT2D eigenvalue weighted by molar-refractivity contribution is 0.424. The van der Waals surface area contributed by atoms with Crippen molar-refractivity contribution in [3.63, 3.8) is 0 Å². The highest BCUT2D eigenvalue weighted by atomic mass is 79.9. The molecule has 2 N–H and O–H groups in total. The molecule has 0 saturated heterocycles. The standard InChI is InChI=1S/C12H16BrN3O/c1-12(2,3)14-6-8-7-15-16-11(8)9-4-5-10(13)17-9/h4-5,7,14H,6H2,1-3H3,(H,15,16). The quantitative estimate of drug-likeness (QED) is 0.914. The summed E-state index contributed by atoms with van der Waals surface area (Å²) in [5, 5.41) is 10.5. The molecule has 0 atom stereocenters. The van der Waals surface area contributed by atoms with Crippen LogP contribution in [0.3, 0.4) is 0 Å². The summed E-state index contributed by atoms with van der Waals surface area (Å²) in [5.74, 6) is 0.792. The largest absolute Gasteiger partial charge is 0.448 e. The van der Waals surface area contributed by atoms with Gasteiger partial charge in [0.15, 0.2) is 10.4 Å². The van der Waals surface area contributed by atoms with Crippen molar-refractivity contribution in [2.45, 2.75) is 32.9 Å². The van der Waals surface area contributed by atoms with Crippen LogP contribution in [0, 0.1) is 0 Å². The highest BCUT2D eigenvalue weighted by Gasteiger charge is 2.14. The molecule has 4 nitrogen and oxygen atoms in total. The Bertz CT molecular complexity index is 496. The molecule has 17 heavy (non-hydrogen) atoms. The minimum atomic E-state index is 0.0816. The van der Waals surface area contributed by atoms with Crippen molar-refractivity contribution < 1.29 is 4.42 Å². The number of furan rings is 1. The van der Waals surface area contributed by atoms with Crippen molar-refractivity contribution in [3.05, 3.63) is 28.6 Å². The number of aromatic nitrogens is 2. The van der Waals surface area contributed by atoms with Crippen LogP contribution >= 0.6 is 15.9 Å². The van der Waals surface area contributed by atoms with E-state index >= 15 is 0 Å². The summed E-state index contributed by atoms with van der Waals surface area (Å²) in [5.41, 5.74) is 2.10. The summed E-state index contributed by atoms with van der Waals surface area (Å²) < 4.78 is 6.24. The summed E-state index contributed by atoms with van der Waals surface area (Å²) in [7, 11) is 0. The van der Waals surface area contributed by atoms with E-state index in [0.29, 0.717) is 0 Å². The lowest BCUT2D eigenvalue weighted by Crippen LogP contribution is -2.35. The molecule has 2 aromatic heterocycles. The number of rotatable bonds is 3. The van der Waals surface area contributed by atoms with Gasteiger partial charge in [-0.05, 0) is 48.8 Å². The van der Waals surface area contributed by atoms with Gasteiger partial charge >= 0.3 is 0 Å². The van der Waals surface area contributed by atoms with Gasteiger partial charge in [0.2, 0.25) is 0 Å². The lowest BCUT2D eigenvalue weighted by atomic mass is 10.1. The summed E-state index contributed by atoms with van der Waals surface area (Å²) in [6, 6.07) is 3.79. The van der Waals surface area contributed by atoms with Crippen LogP contribution in [0.5, 0.6) is 0 Å². The third kappa shape index (κ3) is 3.20. The average molecular weight is 298 g/mol. The Morgan fingerprint density at radius 1 is 1.41 bits per heavy atom. The van der Waals surface area contributed by atoms with E-state index in [9.17, 15) is 0 Å². The van der Waals surface area contributed by atoms with Gasteiger partial charge in [-0.3, -0.25) is 5.10 Å². The van der Waals surface area contributed by atoms with E-state index in [1.807, 2.05) is 18.3 Å².